The van der Waals surface area contributed by atoms with Crippen LogP contribution in [0, 0.1) is 17.2 Å². The number of rotatable bonds is 7. The zero-order valence-corrected chi connectivity index (χ0v) is 25.7. The van der Waals surface area contributed by atoms with Crippen molar-refractivity contribution in [2.45, 2.75) is 109 Å². The predicted octanol–water partition coefficient (Wildman–Crippen LogP) is 2.74. The standard InChI is InChI=1S/C31H44N6O5/c1-17-12-22(15-32)37(19(17)3)28(39)24(34-30(41)42-31(4,5)6)16-35(7)26-13-18(2)36(29(26)40)25-11-9-20-14-21(27(33)38)8-10-23(20)25/h8,10,14,17-19,22,24-26H,9,11-13,16H2,1-7H3,(H2,33,38)(H,34,41)/t17-,18+,19?,22?,24-,25?,26-/m0/s1. The average molecular weight is 581 g/mol. The quantitative estimate of drug-likeness (QED) is 0.504. The van der Waals surface area contributed by atoms with Crippen LogP contribution >= 0.6 is 0 Å². The van der Waals surface area contributed by atoms with Gasteiger partial charge in [0.2, 0.25) is 17.7 Å². The molecule has 1 aliphatic carbocycles. The van der Waals surface area contributed by atoms with Gasteiger partial charge in [-0.25, -0.2) is 4.79 Å². The molecule has 0 saturated carbocycles. The first-order chi connectivity index (χ1) is 19.6. The minimum Gasteiger partial charge on any atom is -0.444 e. The number of hydrogen-bond donors (Lipinski definition) is 2. The van der Waals surface area contributed by atoms with Crippen LogP contribution in [0.15, 0.2) is 18.2 Å². The Balaban J connectivity index is 1.54. The number of ether oxygens (including phenoxy) is 1. The molecule has 3 aliphatic rings. The van der Waals surface area contributed by atoms with E-state index in [2.05, 4.69) is 11.4 Å². The number of aryl methyl sites for hydroxylation is 1. The zero-order valence-electron chi connectivity index (χ0n) is 25.7. The summed E-state index contributed by atoms with van der Waals surface area (Å²) >= 11 is 0. The summed E-state index contributed by atoms with van der Waals surface area (Å²) in [6.45, 7) is 11.3. The monoisotopic (exact) mass is 580 g/mol. The largest absolute Gasteiger partial charge is 0.444 e. The van der Waals surface area contributed by atoms with Crippen LogP contribution < -0.4 is 11.1 Å². The number of nitrogens with one attached hydrogen (secondary N) is 1. The van der Waals surface area contributed by atoms with Crippen LogP contribution in [0.5, 0.6) is 0 Å². The Kier molecular flexibility index (Phi) is 8.88. The van der Waals surface area contributed by atoms with Gasteiger partial charge in [0, 0.05) is 24.2 Å². The van der Waals surface area contributed by atoms with Crippen LogP contribution in [0.1, 0.15) is 88.3 Å². The van der Waals surface area contributed by atoms with E-state index < -0.39 is 35.7 Å². The van der Waals surface area contributed by atoms with Gasteiger partial charge in [-0.15, -0.1) is 0 Å². The topological polar surface area (TPSA) is 149 Å². The maximum absolute atomic E-state index is 13.9. The Morgan fingerprint density at radius 2 is 1.90 bits per heavy atom. The van der Waals surface area contributed by atoms with Crippen LogP contribution in [0.25, 0.3) is 0 Å². The molecule has 2 aliphatic heterocycles. The number of likely N-dealkylation sites (tertiary alicyclic amines) is 2. The molecule has 4 amide bonds. The molecule has 3 N–H and O–H groups in total. The van der Waals surface area contributed by atoms with E-state index in [0.717, 1.165) is 24.0 Å². The van der Waals surface area contributed by atoms with Gasteiger partial charge in [-0.05, 0) is 96.5 Å². The van der Waals surface area contributed by atoms with Gasteiger partial charge < -0.3 is 25.6 Å². The highest BCUT2D eigenvalue weighted by molar-refractivity contribution is 5.93. The summed E-state index contributed by atoms with van der Waals surface area (Å²) in [6.07, 6.45) is 1.91. The molecule has 0 radical (unpaired) electrons. The molecule has 0 aromatic heterocycles. The van der Waals surface area contributed by atoms with Gasteiger partial charge in [-0.3, -0.25) is 19.3 Å². The number of primary amides is 1. The number of likely N-dealkylation sites (N-methyl/N-ethyl adjacent to an activating group) is 1. The molecule has 1 aromatic carbocycles. The van der Waals surface area contributed by atoms with Crippen LogP contribution in [0.3, 0.4) is 0 Å². The lowest BCUT2D eigenvalue weighted by atomic mass is 10.0. The van der Waals surface area contributed by atoms with Crippen molar-refractivity contribution in [2.75, 3.05) is 13.6 Å². The Bertz CT molecular complexity index is 1290. The van der Waals surface area contributed by atoms with Crippen molar-refractivity contribution in [1.82, 2.24) is 20.0 Å². The van der Waals surface area contributed by atoms with E-state index >= 15 is 0 Å². The highest BCUT2D eigenvalue weighted by Crippen LogP contribution is 2.41. The van der Waals surface area contributed by atoms with E-state index in [4.69, 9.17) is 10.5 Å². The lowest BCUT2D eigenvalue weighted by Crippen LogP contribution is -2.57. The summed E-state index contributed by atoms with van der Waals surface area (Å²) in [4.78, 5) is 57.6. The number of fused-ring (bicyclic) bond motifs is 1. The maximum atomic E-state index is 13.9. The molecule has 0 bridgehead atoms. The van der Waals surface area contributed by atoms with Gasteiger partial charge in [-0.2, -0.15) is 5.26 Å². The summed E-state index contributed by atoms with van der Waals surface area (Å²) in [5.74, 6) is -0.737. The van der Waals surface area contributed by atoms with E-state index in [9.17, 15) is 24.4 Å². The number of carbonyl (C=O) groups is 4. The van der Waals surface area contributed by atoms with Crippen molar-refractivity contribution in [3.8, 4) is 6.07 Å². The molecular formula is C31H44N6O5. The normalized spacial score (nSPS) is 28.0. The van der Waals surface area contributed by atoms with Crippen molar-refractivity contribution in [1.29, 1.82) is 5.26 Å². The molecule has 11 heteroatoms. The van der Waals surface area contributed by atoms with E-state index in [1.807, 2.05) is 42.7 Å². The summed E-state index contributed by atoms with van der Waals surface area (Å²) in [5, 5.41) is 12.5. The number of hydrogen-bond acceptors (Lipinski definition) is 7. The van der Waals surface area contributed by atoms with E-state index in [1.54, 1.807) is 38.8 Å². The third-order valence-corrected chi connectivity index (χ3v) is 8.98. The molecule has 11 nitrogen and oxygen atoms in total. The van der Waals surface area contributed by atoms with Gasteiger partial charge in [-0.1, -0.05) is 13.0 Å². The third kappa shape index (κ3) is 6.24. The first kappa shape index (κ1) is 31.3. The van der Waals surface area contributed by atoms with Crippen molar-refractivity contribution < 1.29 is 23.9 Å². The molecule has 4 rings (SSSR count). The van der Waals surface area contributed by atoms with Gasteiger partial charge in [0.15, 0.2) is 0 Å². The summed E-state index contributed by atoms with van der Waals surface area (Å²) in [5.41, 5.74) is 7.22. The molecule has 2 fully saturated rings. The van der Waals surface area contributed by atoms with Gasteiger partial charge in [0.1, 0.15) is 17.7 Å². The molecule has 7 atom stereocenters. The van der Waals surface area contributed by atoms with Crippen LogP contribution in [0.4, 0.5) is 4.79 Å². The molecule has 3 unspecified atom stereocenters. The number of alkyl carbamates (subject to hydrolysis) is 1. The molecule has 2 heterocycles. The minimum absolute atomic E-state index is 0.0386. The third-order valence-electron chi connectivity index (χ3n) is 8.98. The molecular weight excluding hydrogens is 536 g/mol. The number of nitrogens with zero attached hydrogens (tertiary/aromatic N) is 4. The second-order valence-electron chi connectivity index (χ2n) is 13.2. The molecule has 228 valence electrons. The lowest BCUT2D eigenvalue weighted by molar-refractivity contribution is -0.138. The van der Waals surface area contributed by atoms with Crippen LogP contribution in [0.2, 0.25) is 0 Å². The van der Waals surface area contributed by atoms with Crippen LogP contribution in [-0.4, -0.2) is 87.9 Å². The first-order valence-electron chi connectivity index (χ1n) is 14.8. The van der Waals surface area contributed by atoms with Crippen molar-refractivity contribution in [3.05, 3.63) is 34.9 Å². The van der Waals surface area contributed by atoms with Gasteiger partial charge in [0.05, 0.1) is 18.2 Å². The minimum atomic E-state index is -1.01. The lowest BCUT2D eigenvalue weighted by Gasteiger charge is -2.34. The number of nitrogens with two attached hydrogens (primary N) is 1. The Labute approximate surface area is 248 Å². The van der Waals surface area contributed by atoms with Gasteiger partial charge >= 0.3 is 6.09 Å². The van der Waals surface area contributed by atoms with Gasteiger partial charge in [0.25, 0.3) is 0 Å². The number of carbonyl (C=O) groups excluding carboxylic acids is 4. The summed E-state index contributed by atoms with van der Waals surface area (Å²) in [7, 11) is 1.79. The highest BCUT2D eigenvalue weighted by Gasteiger charge is 2.47. The van der Waals surface area contributed by atoms with Crippen molar-refractivity contribution in [2.24, 2.45) is 11.7 Å². The predicted molar refractivity (Wildman–Crippen MR) is 156 cm³/mol. The summed E-state index contributed by atoms with van der Waals surface area (Å²) in [6, 6.07) is 5.25. The number of amides is 4. The van der Waals surface area contributed by atoms with E-state index in [1.165, 1.54) is 0 Å². The number of nitriles is 1. The maximum Gasteiger partial charge on any atom is 0.408 e. The Morgan fingerprint density at radius 3 is 2.52 bits per heavy atom. The Hall–Kier alpha value is -3.65. The van der Waals surface area contributed by atoms with Crippen molar-refractivity contribution in [3.63, 3.8) is 0 Å². The number of benzene rings is 1. The molecule has 2 saturated heterocycles. The highest BCUT2D eigenvalue weighted by atomic mass is 16.6. The zero-order chi connectivity index (χ0) is 31.1. The van der Waals surface area contributed by atoms with E-state index in [0.29, 0.717) is 18.4 Å². The fourth-order valence-electron chi connectivity index (χ4n) is 6.71. The smallest absolute Gasteiger partial charge is 0.408 e. The SMILES string of the molecule is CC1[C@@H](C)CC(C#N)N1C(=O)[C@H](CN(C)[C@H]1C[C@@H](C)N(C2CCc3cc(C(N)=O)ccc32)C1=O)NC(=O)OC(C)(C)C. The van der Waals surface area contributed by atoms with E-state index in [-0.39, 0.29) is 42.4 Å². The fourth-order valence-corrected chi connectivity index (χ4v) is 6.71. The first-order valence-corrected chi connectivity index (χ1v) is 14.8. The van der Waals surface area contributed by atoms with Crippen molar-refractivity contribution >= 4 is 23.8 Å². The second kappa shape index (κ2) is 11.9. The molecule has 42 heavy (non-hydrogen) atoms. The average Bonchev–Trinajstić information content (AvgIpc) is 3.54. The van der Waals surface area contributed by atoms with Crippen LogP contribution in [-0.2, 0) is 20.7 Å². The molecule has 1 aromatic rings. The second-order valence-corrected chi connectivity index (χ2v) is 13.2. The summed E-state index contributed by atoms with van der Waals surface area (Å²) < 4.78 is 5.46. The fraction of sp³-hybridized carbons (Fsp3) is 0.645. The molecule has 0 spiro atoms. The Morgan fingerprint density at radius 1 is 1.21 bits per heavy atom.